The van der Waals surface area contributed by atoms with Crippen LogP contribution in [0, 0.1) is 0 Å². The normalized spacial score (nSPS) is 12.5. The van der Waals surface area contributed by atoms with E-state index < -0.39 is 6.10 Å². The van der Waals surface area contributed by atoms with Crippen LogP contribution in [0.15, 0.2) is 60.8 Å². The topological polar surface area (TPSA) is 78.9 Å². The largest absolute Gasteiger partial charge is 0.462 e. The molecule has 0 aromatic carbocycles. The summed E-state index contributed by atoms with van der Waals surface area (Å²) in [5.74, 6) is -0.937. The molecule has 0 spiro atoms. The molecule has 0 aliphatic rings. The van der Waals surface area contributed by atoms with E-state index >= 15 is 0 Å². The molecule has 0 aliphatic carbocycles. The molecule has 0 heterocycles. The Morgan fingerprint density at radius 1 is 0.356 bits per heavy atom. The molecule has 0 fully saturated rings. The van der Waals surface area contributed by atoms with Gasteiger partial charge in [0.2, 0.25) is 0 Å². The summed E-state index contributed by atoms with van der Waals surface area (Å²) in [6.45, 7) is 6.45. The number of carbonyl (C=O) groups excluding carboxylic acids is 3. The monoisotopic (exact) mass is 825 g/mol. The fourth-order valence-electron chi connectivity index (χ4n) is 6.78. The molecule has 59 heavy (non-hydrogen) atoms. The predicted octanol–water partition coefficient (Wildman–Crippen LogP) is 16.1. The van der Waals surface area contributed by atoms with Crippen molar-refractivity contribution in [2.45, 2.75) is 245 Å². The molecule has 0 amide bonds. The van der Waals surface area contributed by atoms with Gasteiger partial charge in [0, 0.05) is 19.3 Å². The quantitative estimate of drug-likeness (QED) is 0.0263. The number of hydrogen-bond acceptors (Lipinski definition) is 6. The molecule has 0 aliphatic heterocycles. The Kier molecular flexibility index (Phi) is 45.4. The first kappa shape index (κ1) is 56.1. The highest BCUT2D eigenvalue weighted by atomic mass is 16.6. The number of hydrogen-bond donors (Lipinski definition) is 0. The fourth-order valence-corrected chi connectivity index (χ4v) is 6.78. The van der Waals surface area contributed by atoms with E-state index in [1.54, 1.807) is 0 Å². The van der Waals surface area contributed by atoms with Crippen LogP contribution < -0.4 is 0 Å². The molecule has 0 saturated heterocycles. The smallest absolute Gasteiger partial charge is 0.306 e. The molecule has 0 N–H and O–H groups in total. The maximum absolute atomic E-state index is 12.7. The lowest BCUT2D eigenvalue weighted by atomic mass is 10.0. The van der Waals surface area contributed by atoms with E-state index in [2.05, 4.69) is 81.5 Å². The first-order valence-electron chi connectivity index (χ1n) is 24.8. The predicted molar refractivity (Wildman–Crippen MR) is 251 cm³/mol. The molecule has 0 aromatic heterocycles. The van der Waals surface area contributed by atoms with Gasteiger partial charge in [0.25, 0.3) is 0 Å². The molecule has 1 unspecified atom stereocenters. The zero-order chi connectivity index (χ0) is 43.0. The summed E-state index contributed by atoms with van der Waals surface area (Å²) in [6.07, 6.45) is 57.8. The van der Waals surface area contributed by atoms with Crippen molar-refractivity contribution in [2.24, 2.45) is 0 Å². The van der Waals surface area contributed by atoms with Gasteiger partial charge in [-0.1, -0.05) is 197 Å². The Labute approximate surface area is 364 Å². The third kappa shape index (κ3) is 46.0. The van der Waals surface area contributed by atoms with Crippen LogP contribution in [-0.2, 0) is 28.6 Å². The maximum Gasteiger partial charge on any atom is 0.306 e. The van der Waals surface area contributed by atoms with Crippen molar-refractivity contribution in [2.75, 3.05) is 13.2 Å². The number of ether oxygens (including phenoxy) is 3. The average Bonchev–Trinajstić information content (AvgIpc) is 3.23. The van der Waals surface area contributed by atoms with Crippen LogP contribution in [0.3, 0.4) is 0 Å². The van der Waals surface area contributed by atoms with Gasteiger partial charge in [0.15, 0.2) is 6.10 Å². The number of rotatable bonds is 44. The van der Waals surface area contributed by atoms with E-state index in [4.69, 9.17) is 14.2 Å². The van der Waals surface area contributed by atoms with Gasteiger partial charge in [0.1, 0.15) is 13.2 Å². The van der Waals surface area contributed by atoms with Gasteiger partial charge in [-0.25, -0.2) is 0 Å². The summed E-state index contributed by atoms with van der Waals surface area (Å²) in [7, 11) is 0. The van der Waals surface area contributed by atoms with Crippen molar-refractivity contribution < 1.29 is 28.6 Å². The van der Waals surface area contributed by atoms with Crippen molar-refractivity contribution in [1.82, 2.24) is 0 Å². The number of esters is 3. The van der Waals surface area contributed by atoms with Gasteiger partial charge < -0.3 is 14.2 Å². The molecule has 0 bridgehead atoms. The molecular weight excluding hydrogens is 733 g/mol. The standard InChI is InChI=1S/C53H92O6/c1-4-7-10-13-16-19-22-25-26-27-28-29-32-34-37-40-43-46-52(55)58-49-50(59-53(56)47-44-41-38-35-31-24-21-18-15-12-9-6-3)48-57-51(54)45-42-39-36-33-30-23-20-17-14-11-8-5-2/h9,12,16,18-19,21,25-26,31,35,50H,4-8,10-11,13-15,17,20,22-24,27-30,32-34,36-49H2,1-3H3/b12-9-,19-16-,21-18-,26-25-,35-31-. The van der Waals surface area contributed by atoms with Crippen molar-refractivity contribution in [3.05, 3.63) is 60.8 Å². The van der Waals surface area contributed by atoms with Crippen LogP contribution >= 0.6 is 0 Å². The summed E-state index contributed by atoms with van der Waals surface area (Å²) in [5.41, 5.74) is 0. The van der Waals surface area contributed by atoms with E-state index in [1.165, 1.54) is 109 Å². The summed E-state index contributed by atoms with van der Waals surface area (Å²) in [6, 6.07) is 0. The number of unbranched alkanes of at least 4 members (excludes halogenated alkanes) is 23. The van der Waals surface area contributed by atoms with E-state index in [1.807, 2.05) is 0 Å². The highest BCUT2D eigenvalue weighted by molar-refractivity contribution is 5.71. The Morgan fingerprint density at radius 2 is 0.661 bits per heavy atom. The van der Waals surface area contributed by atoms with Gasteiger partial charge in [-0.05, 0) is 83.5 Å². The van der Waals surface area contributed by atoms with Gasteiger partial charge >= 0.3 is 17.9 Å². The van der Waals surface area contributed by atoms with E-state index in [-0.39, 0.29) is 37.5 Å². The molecule has 1 atom stereocenters. The zero-order valence-electron chi connectivity index (χ0n) is 38.8. The summed E-state index contributed by atoms with van der Waals surface area (Å²) >= 11 is 0. The van der Waals surface area contributed by atoms with E-state index in [0.29, 0.717) is 19.3 Å². The SMILES string of the molecule is CC/C=C\C/C=C\C/C=C\CCCCC(=O)OC(COC(=O)CCCCCCCCC/C=C\C/C=C\CCCCC)COC(=O)CCCCCCCCCCCCCC. The lowest BCUT2D eigenvalue weighted by Crippen LogP contribution is -2.30. The Morgan fingerprint density at radius 3 is 1.10 bits per heavy atom. The van der Waals surface area contributed by atoms with Gasteiger partial charge in [-0.2, -0.15) is 0 Å². The Hall–Kier alpha value is -2.89. The first-order valence-corrected chi connectivity index (χ1v) is 24.8. The highest BCUT2D eigenvalue weighted by Gasteiger charge is 2.19. The van der Waals surface area contributed by atoms with Gasteiger partial charge in [0.05, 0.1) is 0 Å². The van der Waals surface area contributed by atoms with Crippen molar-refractivity contribution >= 4 is 17.9 Å². The van der Waals surface area contributed by atoms with Crippen molar-refractivity contribution in [3.8, 4) is 0 Å². The maximum atomic E-state index is 12.7. The third-order valence-electron chi connectivity index (χ3n) is 10.5. The Bertz CT molecular complexity index is 1090. The minimum Gasteiger partial charge on any atom is -0.462 e. The van der Waals surface area contributed by atoms with E-state index in [9.17, 15) is 14.4 Å². The number of allylic oxidation sites excluding steroid dienone is 10. The second-order valence-electron chi connectivity index (χ2n) is 16.3. The van der Waals surface area contributed by atoms with Crippen molar-refractivity contribution in [3.63, 3.8) is 0 Å². The molecule has 6 nitrogen and oxygen atoms in total. The van der Waals surface area contributed by atoms with Crippen LogP contribution in [0.4, 0.5) is 0 Å². The Balaban J connectivity index is 4.40. The van der Waals surface area contributed by atoms with Crippen LogP contribution in [-0.4, -0.2) is 37.2 Å². The molecule has 0 saturated carbocycles. The van der Waals surface area contributed by atoms with Gasteiger partial charge in [-0.3, -0.25) is 14.4 Å². The summed E-state index contributed by atoms with van der Waals surface area (Å²) < 4.78 is 16.7. The average molecular weight is 825 g/mol. The fraction of sp³-hybridized carbons (Fsp3) is 0.755. The van der Waals surface area contributed by atoms with Crippen LogP contribution in [0.5, 0.6) is 0 Å². The zero-order valence-corrected chi connectivity index (χ0v) is 38.8. The second kappa shape index (κ2) is 47.8. The van der Waals surface area contributed by atoms with Gasteiger partial charge in [-0.15, -0.1) is 0 Å². The summed E-state index contributed by atoms with van der Waals surface area (Å²) in [4.78, 5) is 37.8. The highest BCUT2D eigenvalue weighted by Crippen LogP contribution is 2.14. The number of carbonyl (C=O) groups is 3. The lowest BCUT2D eigenvalue weighted by Gasteiger charge is -2.18. The minimum absolute atomic E-state index is 0.0907. The molecular formula is C53H92O6. The second-order valence-corrected chi connectivity index (χ2v) is 16.3. The first-order chi connectivity index (χ1) is 29.0. The molecule has 6 heteroatoms. The summed E-state index contributed by atoms with van der Waals surface area (Å²) in [5, 5.41) is 0. The van der Waals surface area contributed by atoms with E-state index in [0.717, 1.165) is 83.5 Å². The van der Waals surface area contributed by atoms with Crippen molar-refractivity contribution in [1.29, 1.82) is 0 Å². The minimum atomic E-state index is -0.793. The third-order valence-corrected chi connectivity index (χ3v) is 10.5. The lowest BCUT2D eigenvalue weighted by molar-refractivity contribution is -0.167. The van der Waals surface area contributed by atoms with Crippen LogP contribution in [0.25, 0.3) is 0 Å². The van der Waals surface area contributed by atoms with Crippen LogP contribution in [0.2, 0.25) is 0 Å². The molecule has 0 rings (SSSR count). The molecule has 0 aromatic rings. The van der Waals surface area contributed by atoms with Crippen LogP contribution in [0.1, 0.15) is 239 Å². The molecule has 340 valence electrons. The molecule has 0 radical (unpaired) electrons.